The predicted molar refractivity (Wildman–Crippen MR) is 108 cm³/mol. The van der Waals surface area contributed by atoms with Gasteiger partial charge < -0.3 is 15.1 Å². The van der Waals surface area contributed by atoms with Gasteiger partial charge in [0.15, 0.2) is 0 Å². The maximum atomic E-state index is 11.8. The van der Waals surface area contributed by atoms with E-state index in [1.807, 2.05) is 0 Å². The predicted octanol–water partition coefficient (Wildman–Crippen LogP) is 3.62. The summed E-state index contributed by atoms with van der Waals surface area (Å²) in [6.45, 7) is 14.8. The molecule has 1 amide bonds. The molecule has 148 valence electrons. The van der Waals surface area contributed by atoms with Crippen LogP contribution in [0.4, 0.5) is 0 Å². The fourth-order valence-corrected chi connectivity index (χ4v) is 4.17. The van der Waals surface area contributed by atoms with Crippen molar-refractivity contribution in [2.24, 2.45) is 17.3 Å². The van der Waals surface area contributed by atoms with Crippen molar-refractivity contribution < 1.29 is 4.79 Å². The Morgan fingerprint density at radius 1 is 1.20 bits per heavy atom. The van der Waals surface area contributed by atoms with Crippen LogP contribution < -0.4 is 5.32 Å². The van der Waals surface area contributed by atoms with E-state index in [0.29, 0.717) is 17.8 Å². The van der Waals surface area contributed by atoms with Crippen LogP contribution in [0.25, 0.3) is 0 Å². The quantitative estimate of drug-likeness (QED) is 0.576. The molecule has 4 nitrogen and oxygen atoms in total. The molecule has 1 aliphatic rings. The first-order chi connectivity index (χ1) is 11.7. The van der Waals surface area contributed by atoms with Crippen molar-refractivity contribution in [3.8, 4) is 0 Å². The molecule has 0 aromatic carbocycles. The summed E-state index contributed by atoms with van der Waals surface area (Å²) in [6.07, 6.45) is 6.53. The molecule has 1 saturated heterocycles. The molecule has 1 heterocycles. The summed E-state index contributed by atoms with van der Waals surface area (Å²) in [4.78, 5) is 16.7. The molecule has 1 N–H and O–H groups in total. The third-order valence-electron chi connectivity index (χ3n) is 5.58. The van der Waals surface area contributed by atoms with E-state index >= 15 is 0 Å². The summed E-state index contributed by atoms with van der Waals surface area (Å²) in [5.41, 5.74) is 0.402. The van der Waals surface area contributed by atoms with Crippen molar-refractivity contribution >= 4 is 5.91 Å². The second-order valence-electron chi connectivity index (χ2n) is 9.33. The summed E-state index contributed by atoms with van der Waals surface area (Å²) in [7, 11) is 4.35. The first-order valence-electron chi connectivity index (χ1n) is 10.3. The highest BCUT2D eigenvalue weighted by atomic mass is 16.1. The van der Waals surface area contributed by atoms with Crippen LogP contribution in [-0.4, -0.2) is 62.5 Å². The Bertz CT molecular complexity index is 371. The van der Waals surface area contributed by atoms with Crippen LogP contribution in [0.5, 0.6) is 0 Å². The van der Waals surface area contributed by atoms with E-state index in [0.717, 1.165) is 38.3 Å². The van der Waals surface area contributed by atoms with E-state index in [9.17, 15) is 4.79 Å². The number of nitrogens with one attached hydrogen (secondary N) is 1. The van der Waals surface area contributed by atoms with Crippen LogP contribution in [0.1, 0.15) is 66.2 Å². The normalized spacial score (nSPS) is 17.4. The molecule has 0 atom stereocenters. The van der Waals surface area contributed by atoms with E-state index in [-0.39, 0.29) is 5.91 Å². The molecule has 0 bridgehead atoms. The number of carbonyl (C=O) groups is 1. The van der Waals surface area contributed by atoms with Crippen LogP contribution in [0, 0.1) is 17.3 Å². The number of carbonyl (C=O) groups excluding carboxylic acids is 1. The number of piperidine rings is 1. The van der Waals surface area contributed by atoms with E-state index in [4.69, 9.17) is 0 Å². The summed E-state index contributed by atoms with van der Waals surface area (Å²) >= 11 is 0. The zero-order chi connectivity index (χ0) is 18.9. The molecular formula is C21H43N3O. The van der Waals surface area contributed by atoms with E-state index < -0.39 is 0 Å². The minimum absolute atomic E-state index is 0.227. The lowest BCUT2D eigenvalue weighted by atomic mass is 9.73. The number of amides is 1. The van der Waals surface area contributed by atoms with Crippen LogP contribution in [0.15, 0.2) is 0 Å². The number of likely N-dealkylation sites (tertiary alicyclic amines) is 1. The van der Waals surface area contributed by atoms with Crippen molar-refractivity contribution in [3.05, 3.63) is 0 Å². The summed E-state index contributed by atoms with van der Waals surface area (Å²) in [5, 5.41) is 3.08. The fraction of sp³-hybridized carbons (Fsp3) is 0.952. The van der Waals surface area contributed by atoms with Gasteiger partial charge in [-0.05, 0) is 76.7 Å². The van der Waals surface area contributed by atoms with Gasteiger partial charge in [0.05, 0.1) is 0 Å². The van der Waals surface area contributed by atoms with Gasteiger partial charge in [-0.2, -0.15) is 0 Å². The second kappa shape index (κ2) is 11.2. The maximum absolute atomic E-state index is 11.8. The minimum atomic E-state index is 0.227. The van der Waals surface area contributed by atoms with Gasteiger partial charge in [0, 0.05) is 19.5 Å². The number of hydrogen-bond acceptors (Lipinski definition) is 3. The number of hydrogen-bond donors (Lipinski definition) is 1. The number of rotatable bonds is 11. The van der Waals surface area contributed by atoms with Crippen molar-refractivity contribution in [2.75, 3.05) is 46.8 Å². The topological polar surface area (TPSA) is 35.6 Å². The average molecular weight is 354 g/mol. The molecule has 0 radical (unpaired) electrons. The molecule has 1 fully saturated rings. The van der Waals surface area contributed by atoms with Gasteiger partial charge in [-0.3, -0.25) is 4.79 Å². The molecule has 25 heavy (non-hydrogen) atoms. The molecule has 0 spiro atoms. The fourth-order valence-electron chi connectivity index (χ4n) is 4.17. The molecule has 4 heteroatoms. The zero-order valence-corrected chi connectivity index (χ0v) is 17.7. The Morgan fingerprint density at radius 3 is 2.40 bits per heavy atom. The second-order valence-corrected chi connectivity index (χ2v) is 9.33. The standard InChI is InChI=1S/C21H43N3O/c1-18(2)9-7-10-20(25)22-13-8-14-24-15-11-19(12-16-24)21(3,4)17-23(5)6/h18-19H,7-17H2,1-6H3,(H,22,25). The van der Waals surface area contributed by atoms with Gasteiger partial charge in [0.25, 0.3) is 0 Å². The van der Waals surface area contributed by atoms with Crippen LogP contribution in [-0.2, 0) is 4.79 Å². The van der Waals surface area contributed by atoms with Gasteiger partial charge in [-0.15, -0.1) is 0 Å². The molecule has 0 aromatic heterocycles. The smallest absolute Gasteiger partial charge is 0.219 e. The van der Waals surface area contributed by atoms with Gasteiger partial charge in [-0.1, -0.05) is 34.1 Å². The molecule has 0 aromatic rings. The monoisotopic (exact) mass is 353 g/mol. The third kappa shape index (κ3) is 9.60. The highest BCUT2D eigenvalue weighted by Crippen LogP contribution is 2.35. The van der Waals surface area contributed by atoms with Crippen LogP contribution in [0.3, 0.4) is 0 Å². The van der Waals surface area contributed by atoms with Crippen LogP contribution >= 0.6 is 0 Å². The van der Waals surface area contributed by atoms with Gasteiger partial charge in [0.2, 0.25) is 5.91 Å². The van der Waals surface area contributed by atoms with Crippen molar-refractivity contribution in [1.82, 2.24) is 15.1 Å². The molecule has 1 rings (SSSR count). The molecule has 1 aliphatic heterocycles. The number of nitrogens with zero attached hydrogens (tertiary/aromatic N) is 2. The summed E-state index contributed by atoms with van der Waals surface area (Å²) in [5.74, 6) is 1.75. The minimum Gasteiger partial charge on any atom is -0.356 e. The lowest BCUT2D eigenvalue weighted by Crippen LogP contribution is -2.43. The van der Waals surface area contributed by atoms with E-state index in [2.05, 4.69) is 56.9 Å². The maximum Gasteiger partial charge on any atom is 0.219 e. The van der Waals surface area contributed by atoms with Crippen molar-refractivity contribution in [2.45, 2.75) is 66.2 Å². The summed E-state index contributed by atoms with van der Waals surface area (Å²) in [6, 6.07) is 0. The Morgan fingerprint density at radius 2 is 1.84 bits per heavy atom. The lowest BCUT2D eigenvalue weighted by Gasteiger charge is -2.42. The summed E-state index contributed by atoms with van der Waals surface area (Å²) < 4.78 is 0. The Balaban J connectivity index is 2.12. The SMILES string of the molecule is CC(C)CCCC(=O)NCCCN1CCC(C(C)(C)CN(C)C)CC1. The first kappa shape index (κ1) is 22.4. The first-order valence-corrected chi connectivity index (χ1v) is 10.3. The molecule has 0 aliphatic carbocycles. The Kier molecular flexibility index (Phi) is 10.0. The molecule has 0 unspecified atom stereocenters. The van der Waals surface area contributed by atoms with E-state index in [1.54, 1.807) is 0 Å². The van der Waals surface area contributed by atoms with E-state index in [1.165, 1.54) is 32.5 Å². The average Bonchev–Trinajstić information content (AvgIpc) is 2.50. The molecule has 0 saturated carbocycles. The van der Waals surface area contributed by atoms with Crippen LogP contribution in [0.2, 0.25) is 0 Å². The van der Waals surface area contributed by atoms with Gasteiger partial charge in [-0.25, -0.2) is 0 Å². The highest BCUT2D eigenvalue weighted by Gasteiger charge is 2.32. The largest absolute Gasteiger partial charge is 0.356 e. The van der Waals surface area contributed by atoms with Gasteiger partial charge >= 0.3 is 0 Å². The zero-order valence-electron chi connectivity index (χ0n) is 17.7. The molecular weight excluding hydrogens is 310 g/mol. The third-order valence-corrected chi connectivity index (χ3v) is 5.58. The lowest BCUT2D eigenvalue weighted by molar-refractivity contribution is -0.121. The highest BCUT2D eigenvalue weighted by molar-refractivity contribution is 5.75. The van der Waals surface area contributed by atoms with Crippen molar-refractivity contribution in [3.63, 3.8) is 0 Å². The van der Waals surface area contributed by atoms with Crippen molar-refractivity contribution in [1.29, 1.82) is 0 Å². The van der Waals surface area contributed by atoms with Gasteiger partial charge in [0.1, 0.15) is 0 Å². The Hall–Kier alpha value is -0.610. The Labute approximate surface area is 156 Å².